The van der Waals surface area contributed by atoms with E-state index in [1.54, 1.807) is 0 Å². The molecule has 0 N–H and O–H groups in total. The van der Waals surface area contributed by atoms with Crippen molar-refractivity contribution < 1.29 is 0 Å². The molecule has 0 unspecified atom stereocenters. The highest BCUT2D eigenvalue weighted by Crippen LogP contribution is 2.39. The van der Waals surface area contributed by atoms with Crippen molar-refractivity contribution in [3.8, 4) is 33.4 Å². The van der Waals surface area contributed by atoms with Crippen molar-refractivity contribution in [3.05, 3.63) is 132 Å². The van der Waals surface area contributed by atoms with Gasteiger partial charge in [0.05, 0.1) is 0 Å². The molecule has 0 saturated carbocycles. The molecule has 0 radical (unpaired) electrons. The van der Waals surface area contributed by atoms with Crippen LogP contribution >= 0.6 is 11.6 Å². The lowest BCUT2D eigenvalue weighted by Crippen LogP contribution is -1.88. The molecule has 0 amide bonds. The van der Waals surface area contributed by atoms with Gasteiger partial charge in [0, 0.05) is 10.6 Å². The lowest BCUT2D eigenvalue weighted by molar-refractivity contribution is 1.60. The van der Waals surface area contributed by atoms with Crippen LogP contribution in [0.4, 0.5) is 0 Å². The van der Waals surface area contributed by atoms with E-state index in [1.807, 2.05) is 12.1 Å². The fourth-order valence-electron chi connectivity index (χ4n) is 4.63. The number of hydrogen-bond donors (Lipinski definition) is 0. The summed E-state index contributed by atoms with van der Waals surface area (Å²) in [6, 6.07) is 45.0. The molecule has 0 spiro atoms. The molecule has 6 aromatic carbocycles. The summed E-state index contributed by atoms with van der Waals surface area (Å²) in [5.41, 5.74) is 6.99. The van der Waals surface area contributed by atoms with E-state index in [9.17, 15) is 0 Å². The highest BCUT2D eigenvalue weighted by Gasteiger charge is 2.13. The van der Waals surface area contributed by atoms with Crippen molar-refractivity contribution in [1.29, 1.82) is 0 Å². The van der Waals surface area contributed by atoms with Gasteiger partial charge in [-0.15, -0.1) is 0 Å². The third kappa shape index (κ3) is 3.69. The van der Waals surface area contributed by atoms with Crippen LogP contribution in [0, 0.1) is 0 Å². The van der Waals surface area contributed by atoms with E-state index in [4.69, 9.17) is 11.6 Å². The lowest BCUT2D eigenvalue weighted by Gasteiger charge is -2.14. The Kier molecular flexibility index (Phi) is 4.94. The van der Waals surface area contributed by atoms with Gasteiger partial charge in [0.15, 0.2) is 0 Å². The first-order chi connectivity index (χ1) is 16.3. The zero-order valence-electron chi connectivity index (χ0n) is 18.0. The summed E-state index contributed by atoms with van der Waals surface area (Å²) in [6.45, 7) is 0. The van der Waals surface area contributed by atoms with Gasteiger partial charge in [-0.25, -0.2) is 0 Å². The normalized spacial score (nSPS) is 11.2. The molecular weight excluding hydrogens is 420 g/mol. The van der Waals surface area contributed by atoms with Gasteiger partial charge in [0.1, 0.15) is 0 Å². The summed E-state index contributed by atoms with van der Waals surface area (Å²) in [6.07, 6.45) is 0. The first-order valence-corrected chi connectivity index (χ1v) is 11.5. The molecule has 0 fully saturated rings. The molecule has 1 heteroatoms. The zero-order chi connectivity index (χ0) is 22.2. The first kappa shape index (κ1) is 19.8. The molecule has 0 atom stereocenters. The summed E-state index contributed by atoms with van der Waals surface area (Å²) in [4.78, 5) is 0. The van der Waals surface area contributed by atoms with Crippen LogP contribution in [0.5, 0.6) is 0 Å². The lowest BCUT2D eigenvalue weighted by atomic mass is 9.91. The van der Waals surface area contributed by atoms with E-state index in [2.05, 4.69) is 115 Å². The van der Waals surface area contributed by atoms with Crippen molar-refractivity contribution in [2.24, 2.45) is 0 Å². The SMILES string of the molecule is Clc1cccc(-c2ccc3cc(-c4ccccc4)ccc3c2)c1-c1ccc2ccccc2c1. The fraction of sp³-hybridized carbons (Fsp3) is 0. The molecule has 0 aromatic heterocycles. The molecule has 0 aliphatic carbocycles. The molecule has 0 saturated heterocycles. The second-order valence-corrected chi connectivity index (χ2v) is 8.77. The summed E-state index contributed by atoms with van der Waals surface area (Å²) in [7, 11) is 0. The summed E-state index contributed by atoms with van der Waals surface area (Å²) in [5.74, 6) is 0. The Labute approximate surface area is 198 Å². The Morgan fingerprint density at radius 2 is 0.939 bits per heavy atom. The van der Waals surface area contributed by atoms with Crippen LogP contribution in [0.1, 0.15) is 0 Å². The Balaban J connectivity index is 1.48. The van der Waals surface area contributed by atoms with Crippen LogP contribution in [0.3, 0.4) is 0 Å². The third-order valence-electron chi connectivity index (χ3n) is 6.31. The van der Waals surface area contributed by atoms with Gasteiger partial charge >= 0.3 is 0 Å². The van der Waals surface area contributed by atoms with Crippen molar-refractivity contribution in [3.63, 3.8) is 0 Å². The van der Waals surface area contributed by atoms with Gasteiger partial charge < -0.3 is 0 Å². The molecule has 6 aromatic rings. The highest BCUT2D eigenvalue weighted by atomic mass is 35.5. The Bertz CT molecular complexity index is 1610. The quantitative estimate of drug-likeness (QED) is 0.257. The van der Waals surface area contributed by atoms with E-state index in [1.165, 1.54) is 38.2 Å². The topological polar surface area (TPSA) is 0 Å². The van der Waals surface area contributed by atoms with Crippen LogP contribution in [-0.2, 0) is 0 Å². The molecule has 0 heterocycles. The maximum Gasteiger partial charge on any atom is 0.0490 e. The monoisotopic (exact) mass is 440 g/mol. The number of rotatable bonds is 3. The highest BCUT2D eigenvalue weighted by molar-refractivity contribution is 6.34. The molecule has 0 nitrogen and oxygen atoms in total. The fourth-order valence-corrected chi connectivity index (χ4v) is 4.91. The van der Waals surface area contributed by atoms with Gasteiger partial charge in [-0.2, -0.15) is 0 Å². The minimum absolute atomic E-state index is 0.766. The average Bonchev–Trinajstić information content (AvgIpc) is 2.88. The average molecular weight is 441 g/mol. The van der Waals surface area contributed by atoms with Gasteiger partial charge in [0.25, 0.3) is 0 Å². The molecule has 0 bridgehead atoms. The molecule has 0 aliphatic heterocycles. The number of hydrogen-bond acceptors (Lipinski definition) is 0. The van der Waals surface area contributed by atoms with Gasteiger partial charge in [-0.1, -0.05) is 115 Å². The van der Waals surface area contributed by atoms with E-state index in [-0.39, 0.29) is 0 Å². The van der Waals surface area contributed by atoms with E-state index in [0.29, 0.717) is 0 Å². The molecule has 6 rings (SSSR count). The van der Waals surface area contributed by atoms with Gasteiger partial charge in [-0.3, -0.25) is 0 Å². The Morgan fingerprint density at radius 1 is 0.364 bits per heavy atom. The summed E-state index contributed by atoms with van der Waals surface area (Å²) >= 11 is 6.77. The standard InChI is InChI=1S/C32H21Cl/c33-31-12-6-11-30(32(31)29-18-13-23-9-4-5-10-24(23)21-29)28-17-16-26-19-25(14-15-27(26)20-28)22-7-2-1-3-8-22/h1-21H. The zero-order valence-corrected chi connectivity index (χ0v) is 18.8. The van der Waals surface area contributed by atoms with Crippen molar-refractivity contribution in [1.82, 2.24) is 0 Å². The first-order valence-electron chi connectivity index (χ1n) is 11.1. The second kappa shape index (κ2) is 8.24. The third-order valence-corrected chi connectivity index (χ3v) is 6.63. The number of fused-ring (bicyclic) bond motifs is 2. The smallest absolute Gasteiger partial charge is 0.0490 e. The van der Waals surface area contributed by atoms with Crippen LogP contribution in [0.15, 0.2) is 127 Å². The van der Waals surface area contributed by atoms with Gasteiger partial charge in [-0.05, 0) is 73.6 Å². The predicted molar refractivity (Wildman–Crippen MR) is 143 cm³/mol. The van der Waals surface area contributed by atoms with Crippen LogP contribution in [0.2, 0.25) is 5.02 Å². The molecular formula is C32H21Cl. The predicted octanol–water partition coefficient (Wildman–Crippen LogP) is 9.65. The molecule has 33 heavy (non-hydrogen) atoms. The largest absolute Gasteiger partial charge is 0.0836 e. The maximum absolute atomic E-state index is 6.77. The van der Waals surface area contributed by atoms with Crippen molar-refractivity contribution in [2.45, 2.75) is 0 Å². The summed E-state index contributed by atoms with van der Waals surface area (Å²) < 4.78 is 0. The van der Waals surface area contributed by atoms with Crippen molar-refractivity contribution >= 4 is 33.1 Å². The van der Waals surface area contributed by atoms with E-state index >= 15 is 0 Å². The van der Waals surface area contributed by atoms with Gasteiger partial charge in [0.2, 0.25) is 0 Å². The number of benzene rings is 6. The minimum Gasteiger partial charge on any atom is -0.0836 e. The Hall–Kier alpha value is -3.87. The second-order valence-electron chi connectivity index (χ2n) is 8.37. The molecule has 0 aliphatic rings. The summed E-state index contributed by atoms with van der Waals surface area (Å²) in [5, 5.41) is 5.66. The van der Waals surface area contributed by atoms with Crippen LogP contribution < -0.4 is 0 Å². The Morgan fingerprint density at radius 3 is 1.76 bits per heavy atom. The van der Waals surface area contributed by atoms with E-state index < -0.39 is 0 Å². The van der Waals surface area contributed by atoms with Crippen LogP contribution in [-0.4, -0.2) is 0 Å². The van der Waals surface area contributed by atoms with Crippen LogP contribution in [0.25, 0.3) is 54.9 Å². The number of halogens is 1. The van der Waals surface area contributed by atoms with Crippen molar-refractivity contribution in [2.75, 3.05) is 0 Å². The maximum atomic E-state index is 6.77. The van der Waals surface area contributed by atoms with E-state index in [0.717, 1.165) is 21.7 Å². The molecule has 156 valence electrons. The minimum atomic E-state index is 0.766.